The van der Waals surface area contributed by atoms with Crippen LogP contribution in [0.5, 0.6) is 0 Å². The molecule has 0 aromatic carbocycles. The lowest BCUT2D eigenvalue weighted by molar-refractivity contribution is -0.119. The first-order valence-corrected chi connectivity index (χ1v) is 5.58. The molecule has 0 bridgehead atoms. The lowest BCUT2D eigenvalue weighted by Crippen LogP contribution is -2.33. The van der Waals surface area contributed by atoms with Gasteiger partial charge in [-0.1, -0.05) is 6.92 Å². The van der Waals surface area contributed by atoms with Crippen LogP contribution in [-0.4, -0.2) is 29.8 Å². The molecule has 2 amide bonds. The van der Waals surface area contributed by atoms with E-state index in [0.717, 1.165) is 5.56 Å². The van der Waals surface area contributed by atoms with Gasteiger partial charge in [0, 0.05) is 12.1 Å². The molecule has 1 aromatic rings. The zero-order chi connectivity index (χ0) is 13.7. The van der Waals surface area contributed by atoms with Gasteiger partial charge in [-0.15, -0.1) is 0 Å². The van der Waals surface area contributed by atoms with Crippen molar-refractivity contribution in [3.05, 3.63) is 23.2 Å². The average Bonchev–Trinajstić information content (AvgIpc) is 2.68. The van der Waals surface area contributed by atoms with Crippen molar-refractivity contribution >= 4 is 11.8 Å². The van der Waals surface area contributed by atoms with Crippen molar-refractivity contribution in [1.29, 1.82) is 0 Å². The minimum absolute atomic E-state index is 0.153. The number of aryl methyl sites for hydroxylation is 1. The van der Waals surface area contributed by atoms with Crippen molar-refractivity contribution in [2.75, 3.05) is 13.1 Å². The Morgan fingerprint density at radius 1 is 1.50 bits per heavy atom. The quantitative estimate of drug-likeness (QED) is 0.359. The van der Waals surface area contributed by atoms with Crippen LogP contribution in [0.15, 0.2) is 10.5 Å². The number of carbonyl (C=O) groups is 2. The molecule has 1 aromatic heterocycles. The first kappa shape index (κ1) is 14.2. The van der Waals surface area contributed by atoms with E-state index in [1.165, 1.54) is 0 Å². The monoisotopic (exact) mass is 254 g/mol. The molecule has 0 aliphatic heterocycles. The molecule has 0 aliphatic rings. The van der Waals surface area contributed by atoms with Crippen molar-refractivity contribution in [2.45, 2.75) is 20.4 Å². The smallest absolute Gasteiger partial charge is 0.300 e. The highest BCUT2D eigenvalue weighted by atomic mass is 16.4. The number of nitrogens with two attached hydrogens (primary N) is 2. The number of nitrogens with one attached hydrogen (secondary N) is 1. The molecule has 5 N–H and O–H groups in total. The summed E-state index contributed by atoms with van der Waals surface area (Å²) in [5.41, 5.74) is 7.98. The summed E-state index contributed by atoms with van der Waals surface area (Å²) in [7, 11) is 0. The summed E-state index contributed by atoms with van der Waals surface area (Å²) in [6.07, 6.45) is 0. The number of rotatable bonds is 6. The van der Waals surface area contributed by atoms with Gasteiger partial charge in [-0.25, -0.2) is 5.84 Å². The van der Waals surface area contributed by atoms with Crippen LogP contribution in [0.4, 0.5) is 0 Å². The molecule has 100 valence electrons. The summed E-state index contributed by atoms with van der Waals surface area (Å²) in [4.78, 5) is 24.0. The van der Waals surface area contributed by atoms with E-state index in [0.29, 0.717) is 18.8 Å². The third-order valence-electron chi connectivity index (χ3n) is 2.60. The van der Waals surface area contributed by atoms with Gasteiger partial charge < -0.3 is 10.2 Å². The molecular weight excluding hydrogens is 236 g/mol. The first-order chi connectivity index (χ1) is 8.47. The van der Waals surface area contributed by atoms with Crippen LogP contribution in [0.3, 0.4) is 0 Å². The standard InChI is InChI=1S/C11H18N4O3/c1-3-15(6-10(12)16)5-8-4-9(11(17)14-13)18-7(8)2/h4H,3,5-6,13H2,1-2H3,(H2,12,16)(H,14,17). The fourth-order valence-corrected chi connectivity index (χ4v) is 1.60. The largest absolute Gasteiger partial charge is 0.456 e. The fraction of sp³-hybridized carbons (Fsp3) is 0.455. The second-order valence-electron chi connectivity index (χ2n) is 3.94. The Labute approximate surface area is 105 Å². The maximum absolute atomic E-state index is 11.3. The normalized spacial score (nSPS) is 10.7. The predicted molar refractivity (Wildman–Crippen MR) is 65.2 cm³/mol. The number of amides is 2. The summed E-state index contributed by atoms with van der Waals surface area (Å²) in [6.45, 7) is 5.00. The molecular formula is C11H18N4O3. The Morgan fingerprint density at radius 2 is 2.17 bits per heavy atom. The molecule has 1 heterocycles. The third-order valence-corrected chi connectivity index (χ3v) is 2.60. The molecule has 1 rings (SSSR count). The molecule has 0 saturated heterocycles. The van der Waals surface area contributed by atoms with Gasteiger partial charge in [0.1, 0.15) is 5.76 Å². The van der Waals surface area contributed by atoms with Gasteiger partial charge in [-0.05, 0) is 19.5 Å². The maximum atomic E-state index is 11.3. The number of carbonyl (C=O) groups excluding carboxylic acids is 2. The second-order valence-corrected chi connectivity index (χ2v) is 3.94. The minimum Gasteiger partial charge on any atom is -0.456 e. The van der Waals surface area contributed by atoms with Crippen molar-refractivity contribution in [2.24, 2.45) is 11.6 Å². The number of likely N-dealkylation sites (N-methyl/N-ethyl adjacent to an activating group) is 1. The number of hydrogen-bond donors (Lipinski definition) is 3. The topological polar surface area (TPSA) is 115 Å². The molecule has 0 saturated carbocycles. The van der Waals surface area contributed by atoms with E-state index < -0.39 is 11.8 Å². The Hall–Kier alpha value is -1.86. The SMILES string of the molecule is CCN(CC(N)=O)Cc1cc(C(=O)NN)oc1C. The summed E-state index contributed by atoms with van der Waals surface area (Å²) in [5, 5.41) is 0. The molecule has 18 heavy (non-hydrogen) atoms. The molecule has 7 heteroatoms. The van der Waals surface area contributed by atoms with Gasteiger partial charge in [-0.2, -0.15) is 0 Å². The molecule has 0 fully saturated rings. The summed E-state index contributed by atoms with van der Waals surface area (Å²) >= 11 is 0. The fourth-order valence-electron chi connectivity index (χ4n) is 1.60. The highest BCUT2D eigenvalue weighted by Gasteiger charge is 2.16. The summed E-state index contributed by atoms with van der Waals surface area (Å²) < 4.78 is 5.28. The van der Waals surface area contributed by atoms with Gasteiger partial charge in [0.2, 0.25) is 5.91 Å². The van der Waals surface area contributed by atoms with Crippen LogP contribution in [0.1, 0.15) is 28.8 Å². The molecule has 7 nitrogen and oxygen atoms in total. The lowest BCUT2D eigenvalue weighted by atomic mass is 10.2. The van der Waals surface area contributed by atoms with Gasteiger partial charge in [-0.3, -0.25) is 19.9 Å². The predicted octanol–water partition coefficient (Wildman–Crippen LogP) is -0.501. The highest BCUT2D eigenvalue weighted by molar-refractivity contribution is 5.91. The maximum Gasteiger partial charge on any atom is 0.300 e. The molecule has 0 spiro atoms. The Morgan fingerprint density at radius 3 is 2.67 bits per heavy atom. The molecule has 0 unspecified atom stereocenters. The average molecular weight is 254 g/mol. The van der Waals surface area contributed by atoms with Crippen LogP contribution in [0, 0.1) is 6.92 Å². The molecule has 0 radical (unpaired) electrons. The first-order valence-electron chi connectivity index (χ1n) is 5.58. The van der Waals surface area contributed by atoms with Crippen LogP contribution in [0.2, 0.25) is 0 Å². The van der Waals surface area contributed by atoms with Crippen LogP contribution >= 0.6 is 0 Å². The lowest BCUT2D eigenvalue weighted by Gasteiger charge is -2.17. The minimum atomic E-state index is -0.484. The third kappa shape index (κ3) is 3.57. The van der Waals surface area contributed by atoms with E-state index in [2.05, 4.69) is 0 Å². The number of primary amides is 1. The van der Waals surface area contributed by atoms with Gasteiger partial charge in [0.25, 0.3) is 0 Å². The van der Waals surface area contributed by atoms with Crippen LogP contribution in [-0.2, 0) is 11.3 Å². The Bertz CT molecular complexity index is 441. The summed E-state index contributed by atoms with van der Waals surface area (Å²) in [6, 6.07) is 1.61. The second kappa shape index (κ2) is 6.18. The van der Waals surface area contributed by atoms with E-state index in [9.17, 15) is 9.59 Å². The Balaban J connectivity index is 2.80. The number of furan rings is 1. The summed E-state index contributed by atoms with van der Waals surface area (Å²) in [5.74, 6) is 4.93. The Kier molecular flexibility index (Phi) is 4.87. The van der Waals surface area contributed by atoms with Crippen molar-refractivity contribution in [3.63, 3.8) is 0 Å². The van der Waals surface area contributed by atoms with Crippen molar-refractivity contribution in [1.82, 2.24) is 10.3 Å². The zero-order valence-corrected chi connectivity index (χ0v) is 10.5. The van der Waals surface area contributed by atoms with Crippen molar-refractivity contribution in [3.8, 4) is 0 Å². The zero-order valence-electron chi connectivity index (χ0n) is 10.5. The number of nitrogen functional groups attached to an aromatic ring is 1. The van der Waals surface area contributed by atoms with E-state index in [1.54, 1.807) is 13.0 Å². The number of hydrazine groups is 1. The van der Waals surface area contributed by atoms with E-state index in [1.807, 2.05) is 17.2 Å². The highest BCUT2D eigenvalue weighted by Crippen LogP contribution is 2.16. The van der Waals surface area contributed by atoms with Gasteiger partial charge in [0.05, 0.1) is 6.54 Å². The van der Waals surface area contributed by atoms with Gasteiger partial charge >= 0.3 is 5.91 Å². The van der Waals surface area contributed by atoms with E-state index in [4.69, 9.17) is 16.0 Å². The van der Waals surface area contributed by atoms with Crippen molar-refractivity contribution < 1.29 is 14.0 Å². The van der Waals surface area contributed by atoms with Crippen LogP contribution < -0.4 is 17.0 Å². The van der Waals surface area contributed by atoms with Gasteiger partial charge in [0.15, 0.2) is 5.76 Å². The number of nitrogens with zero attached hydrogens (tertiary/aromatic N) is 1. The molecule has 0 aliphatic carbocycles. The van der Waals surface area contributed by atoms with E-state index >= 15 is 0 Å². The number of hydrogen-bond acceptors (Lipinski definition) is 5. The molecule has 0 atom stereocenters. The van der Waals surface area contributed by atoms with Crippen LogP contribution in [0.25, 0.3) is 0 Å². The van der Waals surface area contributed by atoms with E-state index in [-0.39, 0.29) is 12.3 Å².